The van der Waals surface area contributed by atoms with Crippen molar-refractivity contribution in [3.63, 3.8) is 0 Å². The molecule has 0 amide bonds. The monoisotopic (exact) mass is 365 g/mol. The van der Waals surface area contributed by atoms with Crippen molar-refractivity contribution in [1.82, 2.24) is 0 Å². The molecule has 0 aromatic heterocycles. The summed E-state index contributed by atoms with van der Waals surface area (Å²) in [5, 5.41) is 0.641. The highest BCUT2D eigenvalue weighted by Gasteiger charge is 2.19. The Hall–Kier alpha value is -0.680. The minimum Gasteiger partial charge on any atom is -0.320 e. The second-order valence-corrected chi connectivity index (χ2v) is 5.66. The summed E-state index contributed by atoms with van der Waals surface area (Å²) in [4.78, 5) is 0. The maximum atomic E-state index is 13.8. The number of rotatable bonds is 2. The maximum absolute atomic E-state index is 13.8. The van der Waals surface area contributed by atoms with Crippen molar-refractivity contribution in [2.75, 3.05) is 0 Å². The molecule has 2 rings (SSSR count). The Morgan fingerprint density at radius 1 is 1.00 bits per heavy atom. The molecule has 6 heteroatoms. The molecule has 1 nitrogen and oxygen atoms in total. The van der Waals surface area contributed by atoms with Crippen LogP contribution >= 0.6 is 39.1 Å². The number of hydrogen-bond donors (Lipinski definition) is 1. The Morgan fingerprint density at radius 2 is 1.58 bits per heavy atom. The molecule has 100 valence electrons. The van der Waals surface area contributed by atoms with Crippen LogP contribution in [0.25, 0.3) is 0 Å². The van der Waals surface area contributed by atoms with E-state index in [2.05, 4.69) is 15.9 Å². The fourth-order valence-electron chi connectivity index (χ4n) is 1.72. The van der Waals surface area contributed by atoms with E-state index in [-0.39, 0.29) is 10.6 Å². The van der Waals surface area contributed by atoms with Crippen LogP contribution in [-0.4, -0.2) is 0 Å². The van der Waals surface area contributed by atoms with Gasteiger partial charge in [0.1, 0.15) is 11.6 Å². The smallest absolute Gasteiger partial charge is 0.132 e. The zero-order valence-corrected chi connectivity index (χ0v) is 12.5. The van der Waals surface area contributed by atoms with Crippen molar-refractivity contribution >= 4 is 39.1 Å². The van der Waals surface area contributed by atoms with Crippen molar-refractivity contribution < 1.29 is 8.78 Å². The minimum atomic E-state index is -0.956. The molecule has 0 fully saturated rings. The molecule has 0 heterocycles. The van der Waals surface area contributed by atoms with Crippen LogP contribution in [0.4, 0.5) is 8.78 Å². The van der Waals surface area contributed by atoms with Gasteiger partial charge >= 0.3 is 0 Å². The van der Waals surface area contributed by atoms with E-state index in [0.29, 0.717) is 15.1 Å². The van der Waals surface area contributed by atoms with E-state index in [0.717, 1.165) is 12.1 Å². The molecule has 0 aliphatic rings. The summed E-state index contributed by atoms with van der Waals surface area (Å²) in [5.41, 5.74) is 6.16. The molecular weight excluding hydrogens is 359 g/mol. The Balaban J connectivity index is 2.49. The normalized spacial score (nSPS) is 12.5. The Morgan fingerprint density at radius 3 is 2.11 bits per heavy atom. The van der Waals surface area contributed by atoms with Crippen molar-refractivity contribution in [2.24, 2.45) is 5.73 Å². The van der Waals surface area contributed by atoms with Gasteiger partial charge in [0.2, 0.25) is 0 Å². The highest BCUT2D eigenvalue weighted by atomic mass is 79.9. The number of halogens is 5. The maximum Gasteiger partial charge on any atom is 0.132 e. The second kappa shape index (κ2) is 5.75. The van der Waals surface area contributed by atoms with Gasteiger partial charge in [0.05, 0.1) is 16.1 Å². The lowest BCUT2D eigenvalue weighted by atomic mass is 9.98. The average Bonchev–Trinajstić information content (AvgIpc) is 2.31. The van der Waals surface area contributed by atoms with Crippen LogP contribution in [0.1, 0.15) is 17.2 Å². The molecule has 0 saturated carbocycles. The van der Waals surface area contributed by atoms with Gasteiger partial charge in [-0.25, -0.2) is 8.78 Å². The highest BCUT2D eigenvalue weighted by molar-refractivity contribution is 9.10. The quantitative estimate of drug-likeness (QED) is 0.787. The molecule has 0 bridgehead atoms. The summed E-state index contributed by atoms with van der Waals surface area (Å²) >= 11 is 14.7. The summed E-state index contributed by atoms with van der Waals surface area (Å²) in [7, 11) is 0. The van der Waals surface area contributed by atoms with Crippen LogP contribution in [0.3, 0.4) is 0 Å². The average molecular weight is 367 g/mol. The Bertz CT molecular complexity index is 611. The van der Waals surface area contributed by atoms with Crippen LogP contribution in [0, 0.1) is 11.6 Å². The van der Waals surface area contributed by atoms with Crippen molar-refractivity contribution in [2.45, 2.75) is 6.04 Å². The molecule has 19 heavy (non-hydrogen) atoms. The fourth-order valence-corrected chi connectivity index (χ4v) is 2.43. The molecule has 0 aliphatic carbocycles. The standard InChI is InChI=1S/C13H8BrCl2F2N/c14-7-4-10(17)12(11(18)5-7)13(19)6-1-2-8(15)9(16)3-6/h1-5,13H,19H2. The third kappa shape index (κ3) is 3.08. The first kappa shape index (κ1) is 14.7. The molecule has 0 saturated heterocycles. The van der Waals surface area contributed by atoms with Gasteiger partial charge < -0.3 is 5.73 Å². The molecule has 0 radical (unpaired) electrons. The molecule has 1 unspecified atom stereocenters. The van der Waals surface area contributed by atoms with E-state index in [1.54, 1.807) is 6.07 Å². The van der Waals surface area contributed by atoms with Gasteiger partial charge in [-0.3, -0.25) is 0 Å². The number of nitrogens with two attached hydrogens (primary N) is 1. The fraction of sp³-hybridized carbons (Fsp3) is 0.0769. The third-order valence-corrected chi connectivity index (χ3v) is 3.85. The van der Waals surface area contributed by atoms with Gasteiger partial charge in [0.15, 0.2) is 0 Å². The first-order valence-corrected chi connectivity index (χ1v) is 6.80. The summed E-state index contributed by atoms with van der Waals surface area (Å²) in [6, 6.07) is 5.98. The van der Waals surface area contributed by atoms with E-state index in [1.807, 2.05) is 0 Å². The van der Waals surface area contributed by atoms with Crippen LogP contribution in [0.15, 0.2) is 34.8 Å². The predicted molar refractivity (Wildman–Crippen MR) is 76.6 cm³/mol. The van der Waals surface area contributed by atoms with Crippen LogP contribution in [0.2, 0.25) is 10.0 Å². The van der Waals surface area contributed by atoms with Crippen LogP contribution in [-0.2, 0) is 0 Å². The number of benzene rings is 2. The summed E-state index contributed by atoms with van der Waals surface area (Å²) in [6.45, 7) is 0. The lowest BCUT2D eigenvalue weighted by molar-refractivity contribution is 0.542. The largest absolute Gasteiger partial charge is 0.320 e. The number of hydrogen-bond acceptors (Lipinski definition) is 1. The van der Waals surface area contributed by atoms with Crippen molar-refractivity contribution in [3.05, 3.63) is 67.6 Å². The van der Waals surface area contributed by atoms with Crippen molar-refractivity contribution in [3.8, 4) is 0 Å². The minimum absolute atomic E-state index is 0.207. The van der Waals surface area contributed by atoms with Gasteiger partial charge in [-0.15, -0.1) is 0 Å². The highest BCUT2D eigenvalue weighted by Crippen LogP contribution is 2.31. The summed E-state index contributed by atoms with van der Waals surface area (Å²) in [5.74, 6) is -1.43. The van der Waals surface area contributed by atoms with E-state index in [1.165, 1.54) is 12.1 Å². The second-order valence-electron chi connectivity index (χ2n) is 3.93. The zero-order valence-electron chi connectivity index (χ0n) is 9.43. The molecular formula is C13H8BrCl2F2N. The van der Waals surface area contributed by atoms with Gasteiger partial charge in [-0.05, 0) is 29.8 Å². The topological polar surface area (TPSA) is 26.0 Å². The molecule has 2 aromatic carbocycles. The van der Waals surface area contributed by atoms with Crippen molar-refractivity contribution in [1.29, 1.82) is 0 Å². The predicted octanol–water partition coefficient (Wildman–Crippen LogP) is 5.08. The van der Waals surface area contributed by atoms with E-state index in [9.17, 15) is 8.78 Å². The summed E-state index contributed by atoms with van der Waals surface area (Å²) in [6.07, 6.45) is 0. The molecule has 2 N–H and O–H groups in total. The van der Waals surface area contributed by atoms with Crippen LogP contribution < -0.4 is 5.73 Å². The summed E-state index contributed by atoms with van der Waals surface area (Å²) < 4.78 is 27.9. The molecule has 0 aliphatic heterocycles. The van der Waals surface area contributed by atoms with Gasteiger partial charge in [-0.2, -0.15) is 0 Å². The first-order chi connectivity index (χ1) is 8.90. The Kier molecular flexibility index (Phi) is 4.46. The Labute approximate surface area is 127 Å². The van der Waals surface area contributed by atoms with Gasteiger partial charge in [-0.1, -0.05) is 45.2 Å². The van der Waals surface area contributed by atoms with Gasteiger partial charge in [0, 0.05) is 10.0 Å². The third-order valence-electron chi connectivity index (χ3n) is 2.66. The zero-order chi connectivity index (χ0) is 14.2. The lowest BCUT2D eigenvalue weighted by Gasteiger charge is -2.15. The first-order valence-electron chi connectivity index (χ1n) is 5.25. The van der Waals surface area contributed by atoms with E-state index < -0.39 is 17.7 Å². The lowest BCUT2D eigenvalue weighted by Crippen LogP contribution is -2.15. The van der Waals surface area contributed by atoms with Crippen LogP contribution in [0.5, 0.6) is 0 Å². The van der Waals surface area contributed by atoms with Gasteiger partial charge in [0.25, 0.3) is 0 Å². The van der Waals surface area contributed by atoms with E-state index in [4.69, 9.17) is 28.9 Å². The SMILES string of the molecule is NC(c1ccc(Cl)c(Cl)c1)c1c(F)cc(Br)cc1F. The van der Waals surface area contributed by atoms with E-state index >= 15 is 0 Å². The molecule has 2 aromatic rings. The molecule has 0 spiro atoms. The molecule has 1 atom stereocenters.